The Morgan fingerprint density at radius 1 is 1.50 bits per heavy atom. The molecule has 58 valence electrons. The van der Waals surface area contributed by atoms with E-state index in [9.17, 15) is 4.79 Å². The summed E-state index contributed by atoms with van der Waals surface area (Å²) in [6.07, 6.45) is 3.75. The van der Waals surface area contributed by atoms with Crippen LogP contribution in [0, 0.1) is 5.92 Å². The molecule has 1 saturated carbocycles. The first-order chi connectivity index (χ1) is 4.70. The van der Waals surface area contributed by atoms with Gasteiger partial charge in [0.15, 0.2) is 0 Å². The van der Waals surface area contributed by atoms with Crippen molar-refractivity contribution < 1.29 is 4.79 Å². The zero-order chi connectivity index (χ0) is 7.56. The predicted octanol–water partition coefficient (Wildman–Crippen LogP) is -0.0108. The third kappa shape index (κ3) is 1.70. The summed E-state index contributed by atoms with van der Waals surface area (Å²) in [5.41, 5.74) is 10.8. The number of hydrogen-bond acceptors (Lipinski definition) is 2. The number of rotatable bonds is 2. The van der Waals surface area contributed by atoms with Gasteiger partial charge in [-0.25, -0.2) is 0 Å². The molecule has 3 heteroatoms. The Bertz CT molecular complexity index is 136. The molecule has 0 radical (unpaired) electrons. The minimum Gasteiger partial charge on any atom is -0.370 e. The zero-order valence-electron chi connectivity index (χ0n) is 6.05. The molecule has 0 saturated heterocycles. The summed E-state index contributed by atoms with van der Waals surface area (Å²) in [7, 11) is 0. The van der Waals surface area contributed by atoms with E-state index in [1.165, 1.54) is 0 Å². The third-order valence-corrected chi connectivity index (χ3v) is 2.18. The van der Waals surface area contributed by atoms with Crippen LogP contribution >= 0.6 is 0 Å². The van der Waals surface area contributed by atoms with E-state index in [2.05, 4.69) is 0 Å². The van der Waals surface area contributed by atoms with Crippen LogP contribution in [0.4, 0.5) is 0 Å². The fraction of sp³-hybridized carbons (Fsp3) is 0.857. The third-order valence-electron chi connectivity index (χ3n) is 2.18. The molecular weight excluding hydrogens is 128 g/mol. The van der Waals surface area contributed by atoms with Gasteiger partial charge in [-0.15, -0.1) is 0 Å². The molecule has 0 aromatic carbocycles. The summed E-state index contributed by atoms with van der Waals surface area (Å²) in [6, 6.07) is 0.215. The maximum absolute atomic E-state index is 10.5. The quantitative estimate of drug-likeness (QED) is 0.569. The summed E-state index contributed by atoms with van der Waals surface area (Å²) >= 11 is 0. The maximum atomic E-state index is 10.5. The van der Waals surface area contributed by atoms with E-state index in [0.717, 1.165) is 19.3 Å². The number of hydrogen-bond donors (Lipinski definition) is 2. The molecule has 1 aliphatic carbocycles. The molecule has 1 rings (SSSR count). The van der Waals surface area contributed by atoms with Crippen molar-refractivity contribution in [1.29, 1.82) is 0 Å². The van der Waals surface area contributed by atoms with Gasteiger partial charge >= 0.3 is 0 Å². The van der Waals surface area contributed by atoms with Gasteiger partial charge in [-0.1, -0.05) is 6.42 Å². The first-order valence-electron chi connectivity index (χ1n) is 3.74. The van der Waals surface area contributed by atoms with E-state index in [-0.39, 0.29) is 11.9 Å². The van der Waals surface area contributed by atoms with Crippen molar-refractivity contribution >= 4 is 5.91 Å². The van der Waals surface area contributed by atoms with Crippen molar-refractivity contribution in [3.63, 3.8) is 0 Å². The lowest BCUT2D eigenvalue weighted by molar-refractivity contribution is -0.118. The highest BCUT2D eigenvalue weighted by molar-refractivity contribution is 5.74. The van der Waals surface area contributed by atoms with Gasteiger partial charge in [-0.3, -0.25) is 4.79 Å². The average Bonchev–Trinajstić information content (AvgIpc) is 2.15. The lowest BCUT2D eigenvalue weighted by atomic mass is 10.0. The van der Waals surface area contributed by atoms with Crippen molar-refractivity contribution in [1.82, 2.24) is 0 Å². The highest BCUT2D eigenvalue weighted by Gasteiger charge is 2.24. The Kier molecular flexibility index (Phi) is 2.27. The van der Waals surface area contributed by atoms with Crippen LogP contribution in [0.5, 0.6) is 0 Å². The molecule has 1 aliphatic rings. The molecule has 4 N–H and O–H groups in total. The monoisotopic (exact) mass is 142 g/mol. The Labute approximate surface area is 60.8 Å². The minimum absolute atomic E-state index is 0.215. The van der Waals surface area contributed by atoms with Gasteiger partial charge in [0, 0.05) is 12.5 Å². The molecule has 0 heterocycles. The molecule has 0 aromatic heterocycles. The molecule has 0 spiro atoms. The normalized spacial score (nSPS) is 32.5. The Morgan fingerprint density at radius 3 is 2.60 bits per heavy atom. The second-order valence-electron chi connectivity index (χ2n) is 3.03. The van der Waals surface area contributed by atoms with E-state index in [0.29, 0.717) is 12.3 Å². The zero-order valence-corrected chi connectivity index (χ0v) is 6.05. The van der Waals surface area contributed by atoms with Gasteiger partial charge in [0.2, 0.25) is 5.91 Å². The van der Waals surface area contributed by atoms with Gasteiger partial charge in [0.05, 0.1) is 0 Å². The highest BCUT2D eigenvalue weighted by Crippen LogP contribution is 2.26. The topological polar surface area (TPSA) is 69.1 Å². The fourth-order valence-corrected chi connectivity index (χ4v) is 1.58. The van der Waals surface area contributed by atoms with Crippen LogP contribution in [0.15, 0.2) is 0 Å². The van der Waals surface area contributed by atoms with Crippen molar-refractivity contribution in [3.8, 4) is 0 Å². The lowest BCUT2D eigenvalue weighted by Crippen LogP contribution is -2.28. The molecule has 0 bridgehead atoms. The van der Waals surface area contributed by atoms with Crippen LogP contribution < -0.4 is 11.5 Å². The average molecular weight is 142 g/mol. The summed E-state index contributed by atoms with van der Waals surface area (Å²) in [4.78, 5) is 10.5. The van der Waals surface area contributed by atoms with Crippen LogP contribution in [0.25, 0.3) is 0 Å². The van der Waals surface area contributed by atoms with Crippen LogP contribution in [0.3, 0.4) is 0 Å². The van der Waals surface area contributed by atoms with Gasteiger partial charge in [0.25, 0.3) is 0 Å². The Morgan fingerprint density at radius 2 is 2.20 bits per heavy atom. The van der Waals surface area contributed by atoms with E-state index < -0.39 is 0 Å². The predicted molar refractivity (Wildman–Crippen MR) is 39.1 cm³/mol. The minimum atomic E-state index is -0.220. The number of primary amides is 1. The molecule has 0 unspecified atom stereocenters. The smallest absolute Gasteiger partial charge is 0.217 e. The molecular formula is C7H14N2O. The Hall–Kier alpha value is -0.570. The van der Waals surface area contributed by atoms with Crippen molar-refractivity contribution in [2.45, 2.75) is 31.7 Å². The molecule has 1 amide bonds. The van der Waals surface area contributed by atoms with Gasteiger partial charge < -0.3 is 11.5 Å². The molecule has 0 aromatic rings. The Balaban J connectivity index is 2.33. The fourth-order valence-electron chi connectivity index (χ4n) is 1.58. The molecule has 1 fully saturated rings. The molecule has 10 heavy (non-hydrogen) atoms. The van der Waals surface area contributed by atoms with Gasteiger partial charge in [-0.2, -0.15) is 0 Å². The van der Waals surface area contributed by atoms with Crippen molar-refractivity contribution in [2.24, 2.45) is 17.4 Å². The van der Waals surface area contributed by atoms with Crippen LogP contribution in [-0.2, 0) is 4.79 Å². The lowest BCUT2D eigenvalue weighted by Gasteiger charge is -2.11. The summed E-state index contributed by atoms with van der Waals surface area (Å²) in [6.45, 7) is 0. The van der Waals surface area contributed by atoms with Gasteiger partial charge in [-0.05, 0) is 18.8 Å². The van der Waals surface area contributed by atoms with Gasteiger partial charge in [0.1, 0.15) is 0 Å². The summed E-state index contributed by atoms with van der Waals surface area (Å²) in [5, 5.41) is 0. The largest absolute Gasteiger partial charge is 0.370 e. The standard InChI is InChI=1S/C7H14N2O/c8-6-3-1-2-5(6)4-7(9)10/h5-6H,1-4,8H2,(H2,9,10)/t5-,6-/m1/s1. The van der Waals surface area contributed by atoms with E-state index in [1.807, 2.05) is 0 Å². The molecule has 3 nitrogen and oxygen atoms in total. The number of nitrogens with two attached hydrogens (primary N) is 2. The number of amides is 1. The van der Waals surface area contributed by atoms with E-state index >= 15 is 0 Å². The van der Waals surface area contributed by atoms with E-state index in [1.54, 1.807) is 0 Å². The number of carbonyl (C=O) groups excluding carboxylic acids is 1. The van der Waals surface area contributed by atoms with Crippen LogP contribution in [-0.4, -0.2) is 11.9 Å². The molecule has 0 aliphatic heterocycles. The van der Waals surface area contributed by atoms with Crippen LogP contribution in [0.1, 0.15) is 25.7 Å². The SMILES string of the molecule is NC(=O)C[C@H]1CCC[C@H]1N. The molecule has 2 atom stereocenters. The second kappa shape index (κ2) is 3.01. The van der Waals surface area contributed by atoms with Crippen molar-refractivity contribution in [2.75, 3.05) is 0 Å². The van der Waals surface area contributed by atoms with E-state index in [4.69, 9.17) is 11.5 Å². The first kappa shape index (κ1) is 7.54. The maximum Gasteiger partial charge on any atom is 0.217 e. The highest BCUT2D eigenvalue weighted by atomic mass is 16.1. The second-order valence-corrected chi connectivity index (χ2v) is 3.03. The van der Waals surface area contributed by atoms with Crippen LogP contribution in [0.2, 0.25) is 0 Å². The number of carbonyl (C=O) groups is 1. The summed E-state index contributed by atoms with van der Waals surface area (Å²) in [5.74, 6) is 0.139. The first-order valence-corrected chi connectivity index (χ1v) is 3.74. The summed E-state index contributed by atoms with van der Waals surface area (Å²) < 4.78 is 0. The van der Waals surface area contributed by atoms with Crippen molar-refractivity contribution in [3.05, 3.63) is 0 Å².